The zero-order chi connectivity index (χ0) is 15.0. The molecule has 0 saturated heterocycles. The van der Waals surface area contributed by atoms with E-state index in [0.717, 1.165) is 22.3 Å². The average Bonchev–Trinajstić information content (AvgIpc) is 2.82. The van der Waals surface area contributed by atoms with E-state index in [1.165, 1.54) is 17.4 Å². The van der Waals surface area contributed by atoms with E-state index in [4.69, 9.17) is 11.6 Å². The van der Waals surface area contributed by atoms with Gasteiger partial charge >= 0.3 is 6.18 Å². The maximum absolute atomic E-state index is 12.6. The first-order valence-corrected chi connectivity index (χ1v) is 7.12. The van der Waals surface area contributed by atoms with Crippen LogP contribution in [0.3, 0.4) is 0 Å². The molecule has 7 heteroatoms. The predicted octanol–water partition coefficient (Wildman–Crippen LogP) is 5.71. The molecule has 1 heterocycles. The highest BCUT2D eigenvalue weighted by molar-refractivity contribution is 7.22. The zero-order valence-corrected chi connectivity index (χ0v) is 12.0. The number of thiazole rings is 1. The van der Waals surface area contributed by atoms with E-state index in [9.17, 15) is 13.2 Å². The smallest absolute Gasteiger partial charge is 0.330 e. The minimum absolute atomic E-state index is 0.00378. The van der Waals surface area contributed by atoms with Crippen molar-refractivity contribution in [1.29, 1.82) is 0 Å². The Kier molecular flexibility index (Phi) is 3.51. The fourth-order valence-electron chi connectivity index (χ4n) is 1.83. The quantitative estimate of drug-likeness (QED) is 0.651. The van der Waals surface area contributed by atoms with Gasteiger partial charge in [0.05, 0.1) is 26.5 Å². The molecule has 1 N–H and O–H groups in total. The van der Waals surface area contributed by atoms with E-state index in [1.54, 1.807) is 0 Å². The van der Waals surface area contributed by atoms with E-state index < -0.39 is 11.7 Å². The van der Waals surface area contributed by atoms with Crippen molar-refractivity contribution in [3.8, 4) is 0 Å². The first-order valence-electron chi connectivity index (χ1n) is 5.93. The highest BCUT2D eigenvalue weighted by atomic mass is 35.5. The molecule has 2 nitrogen and oxygen atoms in total. The van der Waals surface area contributed by atoms with Gasteiger partial charge in [0.2, 0.25) is 0 Å². The number of nitrogens with one attached hydrogen (secondary N) is 1. The van der Waals surface area contributed by atoms with Gasteiger partial charge in [0, 0.05) is 0 Å². The maximum atomic E-state index is 12.6. The Hall–Kier alpha value is -1.79. The molecule has 0 aliphatic rings. The summed E-state index contributed by atoms with van der Waals surface area (Å²) >= 11 is 7.31. The summed E-state index contributed by atoms with van der Waals surface area (Å²) in [6.45, 7) is 0. The molecule has 0 unspecified atom stereocenters. The Morgan fingerprint density at radius 2 is 1.86 bits per heavy atom. The van der Waals surface area contributed by atoms with Crippen molar-refractivity contribution < 1.29 is 13.2 Å². The molecular weight excluding hydrogens is 321 g/mol. The number of anilines is 2. The van der Waals surface area contributed by atoms with Gasteiger partial charge in [-0.2, -0.15) is 13.2 Å². The molecule has 0 amide bonds. The summed E-state index contributed by atoms with van der Waals surface area (Å²) in [5, 5.41) is 3.53. The minimum atomic E-state index is -4.40. The summed E-state index contributed by atoms with van der Waals surface area (Å²) in [5.74, 6) is 0. The van der Waals surface area contributed by atoms with Crippen LogP contribution in [0.25, 0.3) is 10.2 Å². The Morgan fingerprint density at radius 1 is 1.10 bits per heavy atom. The second-order valence-corrected chi connectivity index (χ2v) is 5.74. The third-order valence-corrected chi connectivity index (χ3v) is 4.10. The van der Waals surface area contributed by atoms with E-state index >= 15 is 0 Å². The number of hydrogen-bond donors (Lipinski definition) is 1. The van der Waals surface area contributed by atoms with Crippen molar-refractivity contribution in [1.82, 2.24) is 4.98 Å². The average molecular weight is 329 g/mol. The summed E-state index contributed by atoms with van der Waals surface area (Å²) < 4.78 is 38.7. The Balaban J connectivity index is 1.91. The number of benzene rings is 2. The minimum Gasteiger partial charge on any atom is -0.330 e. The molecule has 0 atom stereocenters. The van der Waals surface area contributed by atoms with Crippen molar-refractivity contribution in [2.75, 3.05) is 5.32 Å². The third-order valence-electron chi connectivity index (χ3n) is 2.83. The largest absolute Gasteiger partial charge is 0.416 e. The number of halogens is 4. The van der Waals surface area contributed by atoms with Gasteiger partial charge in [-0.05, 0) is 30.3 Å². The number of nitrogens with zero attached hydrogens (tertiary/aromatic N) is 1. The molecule has 3 aromatic rings. The van der Waals surface area contributed by atoms with Crippen molar-refractivity contribution in [2.45, 2.75) is 6.18 Å². The molecule has 2 aromatic carbocycles. The summed E-state index contributed by atoms with van der Waals surface area (Å²) in [5.41, 5.74) is 0.444. The van der Waals surface area contributed by atoms with Crippen LogP contribution in [0.15, 0.2) is 42.5 Å². The molecular formula is C14H8ClF3N2S. The molecule has 0 saturated carbocycles. The van der Waals surface area contributed by atoms with E-state index in [2.05, 4.69) is 10.3 Å². The van der Waals surface area contributed by atoms with Gasteiger partial charge in [-0.15, -0.1) is 0 Å². The number of rotatable bonds is 2. The molecule has 0 aliphatic heterocycles. The Bertz CT molecular complexity index is 765. The molecule has 0 aliphatic carbocycles. The fourth-order valence-corrected chi connectivity index (χ4v) is 2.94. The maximum Gasteiger partial charge on any atom is 0.416 e. The first-order chi connectivity index (χ1) is 9.93. The lowest BCUT2D eigenvalue weighted by molar-refractivity contribution is -0.137. The lowest BCUT2D eigenvalue weighted by Gasteiger charge is -2.10. The number of hydrogen-bond acceptors (Lipinski definition) is 3. The second-order valence-electron chi connectivity index (χ2n) is 4.30. The van der Waals surface area contributed by atoms with Crippen LogP contribution in [0.4, 0.5) is 24.0 Å². The number of aromatic nitrogens is 1. The van der Waals surface area contributed by atoms with Gasteiger partial charge in [0.15, 0.2) is 5.13 Å². The second kappa shape index (κ2) is 5.20. The predicted molar refractivity (Wildman–Crippen MR) is 79.4 cm³/mol. The highest BCUT2D eigenvalue weighted by Gasteiger charge is 2.30. The van der Waals surface area contributed by atoms with Crippen LogP contribution in [0, 0.1) is 0 Å². The van der Waals surface area contributed by atoms with Gasteiger partial charge in [0.1, 0.15) is 0 Å². The van der Waals surface area contributed by atoms with E-state index in [-0.39, 0.29) is 5.02 Å². The summed E-state index contributed by atoms with van der Waals surface area (Å²) in [7, 11) is 0. The summed E-state index contributed by atoms with van der Waals surface area (Å²) in [4.78, 5) is 4.35. The van der Waals surface area contributed by atoms with Crippen LogP contribution >= 0.6 is 22.9 Å². The van der Waals surface area contributed by atoms with Crippen molar-refractivity contribution in [3.05, 3.63) is 53.1 Å². The number of fused-ring (bicyclic) bond motifs is 1. The topological polar surface area (TPSA) is 24.9 Å². The molecule has 0 fully saturated rings. The standard InChI is InChI=1S/C14H8ClF3N2S/c15-9-7-8(14(16,17)18)5-6-10(9)19-13-20-11-3-1-2-4-12(11)21-13/h1-7H,(H,19,20). The van der Waals surface area contributed by atoms with Gasteiger partial charge in [0.25, 0.3) is 0 Å². The molecule has 1 aromatic heterocycles. The highest BCUT2D eigenvalue weighted by Crippen LogP contribution is 2.36. The SMILES string of the molecule is FC(F)(F)c1ccc(Nc2nc3ccccc3s2)c(Cl)c1. The van der Waals surface area contributed by atoms with Gasteiger partial charge in [-0.3, -0.25) is 0 Å². The lowest BCUT2D eigenvalue weighted by atomic mass is 10.2. The molecule has 3 rings (SSSR count). The molecule has 21 heavy (non-hydrogen) atoms. The molecule has 0 bridgehead atoms. The van der Waals surface area contributed by atoms with Crippen LogP contribution < -0.4 is 5.32 Å². The number of alkyl halides is 3. The van der Waals surface area contributed by atoms with Crippen LogP contribution in [0.5, 0.6) is 0 Å². The van der Waals surface area contributed by atoms with Crippen LogP contribution in [0.2, 0.25) is 5.02 Å². The molecule has 0 spiro atoms. The monoisotopic (exact) mass is 328 g/mol. The number of para-hydroxylation sites is 1. The zero-order valence-electron chi connectivity index (χ0n) is 10.4. The van der Waals surface area contributed by atoms with E-state index in [0.29, 0.717) is 10.8 Å². The van der Waals surface area contributed by atoms with Crippen LogP contribution in [0.1, 0.15) is 5.56 Å². The van der Waals surface area contributed by atoms with Gasteiger partial charge < -0.3 is 5.32 Å². The van der Waals surface area contributed by atoms with Crippen molar-refractivity contribution in [2.24, 2.45) is 0 Å². The summed E-state index contributed by atoms with van der Waals surface area (Å²) in [6.07, 6.45) is -4.40. The lowest BCUT2D eigenvalue weighted by Crippen LogP contribution is -2.05. The third kappa shape index (κ3) is 2.96. The van der Waals surface area contributed by atoms with Gasteiger partial charge in [-0.1, -0.05) is 35.1 Å². The first kappa shape index (κ1) is 14.2. The van der Waals surface area contributed by atoms with Crippen LogP contribution in [-0.4, -0.2) is 4.98 Å². The van der Waals surface area contributed by atoms with Crippen molar-refractivity contribution >= 4 is 44.0 Å². The fraction of sp³-hybridized carbons (Fsp3) is 0.0714. The van der Waals surface area contributed by atoms with E-state index in [1.807, 2.05) is 24.3 Å². The van der Waals surface area contributed by atoms with Gasteiger partial charge in [-0.25, -0.2) is 4.98 Å². The van der Waals surface area contributed by atoms with Crippen molar-refractivity contribution in [3.63, 3.8) is 0 Å². The normalized spacial score (nSPS) is 11.8. The van der Waals surface area contributed by atoms with Crippen LogP contribution in [-0.2, 0) is 6.18 Å². The Labute approximate surface area is 127 Å². The summed E-state index contributed by atoms with van der Waals surface area (Å²) in [6, 6.07) is 10.8. The Morgan fingerprint density at radius 3 is 2.52 bits per heavy atom. The molecule has 108 valence electrons. The molecule has 0 radical (unpaired) electrons.